The number of carbonyl (C=O) groups is 1. The van der Waals surface area contributed by atoms with Gasteiger partial charge in [-0.15, -0.1) is 6.58 Å². The molecule has 0 fully saturated rings. The van der Waals surface area contributed by atoms with Crippen molar-refractivity contribution in [2.24, 2.45) is 5.92 Å². The average Bonchev–Trinajstić information content (AvgIpc) is 2.51. The van der Waals surface area contributed by atoms with Gasteiger partial charge in [0.05, 0.1) is 0 Å². The van der Waals surface area contributed by atoms with Crippen LogP contribution in [0.5, 0.6) is 0 Å². The maximum atomic E-state index is 12.6. The zero-order valence-electron chi connectivity index (χ0n) is 13.3. The molecule has 0 aromatic heterocycles. The Morgan fingerprint density at radius 3 is 2.52 bits per heavy atom. The molecular weight excluding hydrogens is 340 g/mol. The molecule has 1 nitrogen and oxygen atoms in total. The van der Waals surface area contributed by atoms with Gasteiger partial charge in [0.1, 0.15) is 5.41 Å². The summed E-state index contributed by atoms with van der Waals surface area (Å²) < 4.78 is 0. The molecule has 0 aliphatic carbocycles. The van der Waals surface area contributed by atoms with E-state index < -0.39 is 8.07 Å². The normalized spacial score (nSPS) is 12.9. The van der Waals surface area contributed by atoms with Gasteiger partial charge in [0.15, 0.2) is 8.07 Å². The van der Waals surface area contributed by atoms with Crippen molar-refractivity contribution in [2.45, 2.75) is 45.2 Å². The molecule has 116 valence electrons. The van der Waals surface area contributed by atoms with Crippen LogP contribution in [0.1, 0.15) is 32.1 Å². The van der Waals surface area contributed by atoms with Crippen LogP contribution in [0.4, 0.5) is 0 Å². The van der Waals surface area contributed by atoms with Gasteiger partial charge < -0.3 is 4.79 Å². The lowest BCUT2D eigenvalue weighted by Gasteiger charge is -2.21. The smallest absolute Gasteiger partial charge is 0.157 e. The molecule has 1 atom stereocenters. The first kappa shape index (κ1) is 18.4. The maximum Gasteiger partial charge on any atom is 0.157 e. The quantitative estimate of drug-likeness (QED) is 0.328. The van der Waals surface area contributed by atoms with Crippen LogP contribution >= 0.6 is 15.9 Å². The number of halogens is 1. The van der Waals surface area contributed by atoms with Crippen molar-refractivity contribution in [3.05, 3.63) is 43.0 Å². The van der Waals surface area contributed by atoms with Gasteiger partial charge >= 0.3 is 0 Å². The number of allylic oxidation sites excluding steroid dienone is 1. The van der Waals surface area contributed by atoms with Crippen molar-refractivity contribution in [3.63, 3.8) is 0 Å². The van der Waals surface area contributed by atoms with E-state index in [-0.39, 0.29) is 0 Å². The highest BCUT2D eigenvalue weighted by Gasteiger charge is 2.31. The van der Waals surface area contributed by atoms with Gasteiger partial charge in [-0.25, -0.2) is 0 Å². The van der Waals surface area contributed by atoms with Gasteiger partial charge in [-0.1, -0.05) is 70.6 Å². The van der Waals surface area contributed by atoms with E-state index in [9.17, 15) is 4.79 Å². The van der Waals surface area contributed by atoms with Gasteiger partial charge in [0.2, 0.25) is 0 Å². The summed E-state index contributed by atoms with van der Waals surface area (Å²) in [5, 5.41) is 2.75. The van der Waals surface area contributed by atoms with Crippen LogP contribution in [0.3, 0.4) is 0 Å². The molecule has 0 aliphatic rings. The molecule has 0 amide bonds. The van der Waals surface area contributed by atoms with Gasteiger partial charge in [-0.05, 0) is 31.6 Å². The largest absolute Gasteiger partial charge is 0.305 e. The lowest BCUT2D eigenvalue weighted by molar-refractivity contribution is -0.112. The standard InChI is InChI=1S/C18H27BrOSi/c1-4-5-10-16(15-19)11-9-14-18(20)21(2,3)17-12-7-6-8-13-17/h4,6-8,12-13,16H,1,5,9-11,14-15H2,2-3H3. The molecule has 0 heterocycles. The lowest BCUT2D eigenvalue weighted by Crippen LogP contribution is -2.49. The number of carbonyl (C=O) groups excluding carboxylic acids is 1. The fourth-order valence-corrected chi connectivity index (χ4v) is 5.33. The lowest BCUT2D eigenvalue weighted by atomic mass is 9.99. The first-order valence-corrected chi connectivity index (χ1v) is 11.9. The average molecular weight is 367 g/mol. The van der Waals surface area contributed by atoms with Crippen molar-refractivity contribution in [1.29, 1.82) is 0 Å². The van der Waals surface area contributed by atoms with Crippen LogP contribution in [-0.2, 0) is 4.79 Å². The molecule has 0 saturated heterocycles. The first-order chi connectivity index (χ1) is 10.0. The minimum Gasteiger partial charge on any atom is -0.305 e. The summed E-state index contributed by atoms with van der Waals surface area (Å²) in [6, 6.07) is 10.3. The molecule has 0 aliphatic heterocycles. The van der Waals surface area contributed by atoms with E-state index in [1.54, 1.807) is 0 Å². The van der Waals surface area contributed by atoms with Crippen molar-refractivity contribution >= 4 is 34.6 Å². The fraction of sp³-hybridized carbons (Fsp3) is 0.500. The summed E-state index contributed by atoms with van der Waals surface area (Å²) in [5.74, 6) is 0.664. The second-order valence-corrected chi connectivity index (χ2v) is 11.2. The molecule has 1 aromatic carbocycles. The number of alkyl halides is 1. The predicted molar refractivity (Wildman–Crippen MR) is 99.1 cm³/mol. The molecule has 0 bridgehead atoms. The van der Waals surface area contributed by atoms with Gasteiger partial charge in [0.25, 0.3) is 0 Å². The van der Waals surface area contributed by atoms with Gasteiger partial charge in [0, 0.05) is 11.8 Å². The Labute approximate surface area is 139 Å². The second-order valence-electron chi connectivity index (χ2n) is 6.19. The Balaban J connectivity index is 2.47. The van der Waals surface area contributed by atoms with E-state index >= 15 is 0 Å². The third-order valence-electron chi connectivity index (χ3n) is 4.21. The summed E-state index contributed by atoms with van der Waals surface area (Å²) in [5.41, 5.74) is 0. The minimum atomic E-state index is -1.96. The van der Waals surface area contributed by atoms with E-state index in [1.807, 2.05) is 24.3 Å². The predicted octanol–water partition coefficient (Wildman–Crippen LogP) is 4.86. The SMILES string of the molecule is C=CCCC(CBr)CCCC(=O)[Si](C)(C)c1ccccc1. The van der Waals surface area contributed by atoms with E-state index in [2.05, 4.69) is 47.7 Å². The van der Waals surface area contributed by atoms with Crippen LogP contribution in [0.2, 0.25) is 13.1 Å². The molecular formula is C18H27BrOSi. The number of rotatable bonds is 10. The van der Waals surface area contributed by atoms with E-state index in [1.165, 1.54) is 11.6 Å². The van der Waals surface area contributed by atoms with Crippen LogP contribution in [0, 0.1) is 5.92 Å². The molecule has 1 aromatic rings. The summed E-state index contributed by atoms with van der Waals surface area (Å²) in [7, 11) is -1.96. The Kier molecular flexibility index (Phi) is 8.20. The summed E-state index contributed by atoms with van der Waals surface area (Å²) in [4.78, 5) is 12.6. The van der Waals surface area contributed by atoms with Crippen molar-refractivity contribution in [2.75, 3.05) is 5.33 Å². The second kappa shape index (κ2) is 9.37. The summed E-state index contributed by atoms with van der Waals surface area (Å²) in [6.07, 6.45) is 7.08. The zero-order chi connectivity index (χ0) is 15.7. The van der Waals surface area contributed by atoms with Crippen molar-refractivity contribution in [3.8, 4) is 0 Å². The fourth-order valence-electron chi connectivity index (χ4n) is 2.53. The van der Waals surface area contributed by atoms with Crippen LogP contribution < -0.4 is 5.19 Å². The van der Waals surface area contributed by atoms with Crippen LogP contribution in [0.25, 0.3) is 0 Å². The highest BCUT2D eigenvalue weighted by molar-refractivity contribution is 9.09. The van der Waals surface area contributed by atoms with E-state index in [4.69, 9.17) is 0 Å². The summed E-state index contributed by atoms with van der Waals surface area (Å²) in [6.45, 7) is 8.12. The van der Waals surface area contributed by atoms with E-state index in [0.717, 1.165) is 31.0 Å². The van der Waals surface area contributed by atoms with Crippen LogP contribution in [-0.4, -0.2) is 18.8 Å². The van der Waals surface area contributed by atoms with Crippen LogP contribution in [0.15, 0.2) is 43.0 Å². The Morgan fingerprint density at radius 1 is 1.29 bits per heavy atom. The third kappa shape index (κ3) is 5.91. The molecule has 0 spiro atoms. The highest BCUT2D eigenvalue weighted by atomic mass is 79.9. The maximum absolute atomic E-state index is 12.6. The topological polar surface area (TPSA) is 17.1 Å². The van der Waals surface area contributed by atoms with E-state index in [0.29, 0.717) is 11.3 Å². The number of benzene rings is 1. The Hall–Kier alpha value is -0.673. The molecule has 0 radical (unpaired) electrons. The highest BCUT2D eigenvalue weighted by Crippen LogP contribution is 2.19. The first-order valence-electron chi connectivity index (χ1n) is 7.78. The van der Waals surface area contributed by atoms with Gasteiger partial charge in [-0.3, -0.25) is 0 Å². The molecule has 0 N–H and O–H groups in total. The zero-order valence-corrected chi connectivity index (χ0v) is 15.9. The van der Waals surface area contributed by atoms with Crippen molar-refractivity contribution < 1.29 is 4.79 Å². The molecule has 1 unspecified atom stereocenters. The van der Waals surface area contributed by atoms with Gasteiger partial charge in [-0.2, -0.15) is 0 Å². The third-order valence-corrected chi connectivity index (χ3v) is 8.54. The Bertz CT molecular complexity index is 442. The number of hydrogen-bond donors (Lipinski definition) is 0. The molecule has 1 rings (SSSR count). The number of hydrogen-bond acceptors (Lipinski definition) is 1. The Morgan fingerprint density at radius 2 is 1.95 bits per heavy atom. The summed E-state index contributed by atoms with van der Waals surface area (Å²) >= 11 is 3.58. The molecule has 3 heteroatoms. The van der Waals surface area contributed by atoms with Crippen molar-refractivity contribution in [1.82, 2.24) is 0 Å². The molecule has 21 heavy (non-hydrogen) atoms. The monoisotopic (exact) mass is 366 g/mol. The molecule has 0 saturated carbocycles. The minimum absolute atomic E-state index is 0.478.